The molecule has 0 atom stereocenters. The van der Waals surface area contributed by atoms with E-state index in [4.69, 9.17) is 10.0 Å². The lowest BCUT2D eigenvalue weighted by Crippen LogP contribution is -2.00. The molecule has 0 bridgehead atoms. The SMILES string of the molecule is CCCCCCCCCCCCC.OBOBO. The van der Waals surface area contributed by atoms with Crippen molar-refractivity contribution in [2.75, 3.05) is 0 Å². The van der Waals surface area contributed by atoms with Crippen LogP contribution in [0.2, 0.25) is 0 Å². The summed E-state index contributed by atoms with van der Waals surface area (Å²) < 4.78 is 3.94. The zero-order valence-corrected chi connectivity index (χ0v) is 12.5. The highest BCUT2D eigenvalue weighted by molar-refractivity contribution is 6.32. The van der Waals surface area contributed by atoms with Crippen LogP contribution in [0.4, 0.5) is 0 Å². The van der Waals surface area contributed by atoms with Crippen LogP contribution in [0.5, 0.6) is 0 Å². The first-order chi connectivity index (χ1) is 8.83. The van der Waals surface area contributed by atoms with E-state index in [1.165, 1.54) is 70.6 Å². The predicted molar refractivity (Wildman–Crippen MR) is 82.0 cm³/mol. The Hall–Kier alpha value is 0.00987. The first-order valence-electron chi connectivity index (χ1n) is 7.62. The smallest absolute Gasteiger partial charge is 0.421 e. The first-order valence-corrected chi connectivity index (χ1v) is 7.62. The zero-order chi connectivity index (χ0) is 13.9. The van der Waals surface area contributed by atoms with Crippen molar-refractivity contribution in [3.05, 3.63) is 0 Å². The monoisotopic (exact) mass is 258 g/mol. The molecule has 0 spiro atoms. The van der Waals surface area contributed by atoms with Crippen molar-refractivity contribution in [1.82, 2.24) is 0 Å². The molecule has 0 heterocycles. The molecule has 2 N–H and O–H groups in total. The van der Waals surface area contributed by atoms with E-state index >= 15 is 0 Å². The van der Waals surface area contributed by atoms with Gasteiger partial charge in [-0.3, -0.25) is 0 Å². The summed E-state index contributed by atoms with van der Waals surface area (Å²) in [5, 5.41) is 15.4. The molecule has 0 amide bonds. The fourth-order valence-corrected chi connectivity index (χ4v) is 1.78. The molecule has 5 heteroatoms. The Morgan fingerprint density at radius 3 is 1.06 bits per heavy atom. The molecule has 0 radical (unpaired) electrons. The van der Waals surface area contributed by atoms with E-state index in [1.54, 1.807) is 0 Å². The third kappa shape index (κ3) is 25.0. The average molecular weight is 258 g/mol. The van der Waals surface area contributed by atoms with Crippen LogP contribution in [0.1, 0.15) is 84.5 Å². The van der Waals surface area contributed by atoms with Gasteiger partial charge in [-0.1, -0.05) is 84.5 Å². The van der Waals surface area contributed by atoms with Crippen molar-refractivity contribution in [2.45, 2.75) is 84.5 Å². The van der Waals surface area contributed by atoms with E-state index in [9.17, 15) is 0 Å². The summed E-state index contributed by atoms with van der Waals surface area (Å²) in [6.07, 6.45) is 15.9. The summed E-state index contributed by atoms with van der Waals surface area (Å²) >= 11 is 0. The third-order valence-electron chi connectivity index (χ3n) is 2.89. The Morgan fingerprint density at radius 1 is 0.611 bits per heavy atom. The molecule has 0 rings (SSSR count). The number of hydrogen-bond acceptors (Lipinski definition) is 3. The fraction of sp³-hybridized carbons (Fsp3) is 1.00. The highest BCUT2D eigenvalue weighted by Gasteiger charge is 1.90. The Labute approximate surface area is 115 Å². The van der Waals surface area contributed by atoms with E-state index in [-0.39, 0.29) is 0 Å². The van der Waals surface area contributed by atoms with Gasteiger partial charge in [-0.25, -0.2) is 0 Å². The molecule has 0 aliphatic rings. The molecule has 0 aromatic rings. The Morgan fingerprint density at radius 2 is 0.889 bits per heavy atom. The lowest BCUT2D eigenvalue weighted by Gasteiger charge is -2.00. The van der Waals surface area contributed by atoms with Crippen molar-refractivity contribution in [2.24, 2.45) is 0 Å². The minimum absolute atomic E-state index is 0.406. The summed E-state index contributed by atoms with van der Waals surface area (Å²) in [5.41, 5.74) is 0. The highest BCUT2D eigenvalue weighted by Crippen LogP contribution is 2.10. The molecule has 108 valence electrons. The van der Waals surface area contributed by atoms with Gasteiger partial charge < -0.3 is 14.6 Å². The lowest BCUT2D eigenvalue weighted by molar-refractivity contribution is 0.408. The maximum Gasteiger partial charge on any atom is 0.421 e. The molecular weight excluding hydrogens is 226 g/mol. The quantitative estimate of drug-likeness (QED) is 0.418. The molecule has 0 fully saturated rings. The van der Waals surface area contributed by atoms with Crippen molar-refractivity contribution in [3.63, 3.8) is 0 Å². The van der Waals surface area contributed by atoms with Crippen LogP contribution >= 0.6 is 0 Å². The third-order valence-corrected chi connectivity index (χ3v) is 2.89. The zero-order valence-electron chi connectivity index (χ0n) is 12.5. The largest absolute Gasteiger partial charge is 0.457 e. The fourth-order valence-electron chi connectivity index (χ4n) is 1.78. The van der Waals surface area contributed by atoms with Gasteiger partial charge in [-0.2, -0.15) is 0 Å². The molecule has 0 aliphatic carbocycles. The van der Waals surface area contributed by atoms with Crippen LogP contribution in [-0.4, -0.2) is 25.4 Å². The van der Waals surface area contributed by atoms with E-state index in [0.29, 0.717) is 0 Å². The van der Waals surface area contributed by atoms with Gasteiger partial charge in [0.25, 0.3) is 0 Å². The van der Waals surface area contributed by atoms with Gasteiger partial charge in [-0.15, -0.1) is 0 Å². The number of hydrogen-bond donors (Lipinski definition) is 2. The maximum atomic E-state index is 7.68. The van der Waals surface area contributed by atoms with Crippen molar-refractivity contribution in [1.29, 1.82) is 0 Å². The number of unbranched alkanes of at least 4 members (excludes halogenated alkanes) is 10. The van der Waals surface area contributed by atoms with Crippen LogP contribution in [0, 0.1) is 0 Å². The van der Waals surface area contributed by atoms with Crippen molar-refractivity contribution >= 4 is 15.4 Å². The maximum absolute atomic E-state index is 7.68. The summed E-state index contributed by atoms with van der Waals surface area (Å²) in [7, 11) is -0.812. The van der Waals surface area contributed by atoms with Crippen molar-refractivity contribution in [3.8, 4) is 0 Å². The van der Waals surface area contributed by atoms with E-state index in [0.717, 1.165) is 0 Å². The van der Waals surface area contributed by atoms with E-state index in [1.807, 2.05) is 0 Å². The highest BCUT2D eigenvalue weighted by atomic mass is 16.5. The molecule has 0 aliphatic heterocycles. The molecule has 0 saturated heterocycles. The molecule has 0 aromatic carbocycles. The summed E-state index contributed by atoms with van der Waals surface area (Å²) in [6.45, 7) is 4.56. The predicted octanol–water partition coefficient (Wildman–Crippen LogP) is 2.84. The van der Waals surface area contributed by atoms with Gasteiger partial charge in [0.1, 0.15) is 0 Å². The molecule has 0 unspecified atom stereocenters. The molecular formula is C13H32B2O3. The Balaban J connectivity index is 0. The summed E-state index contributed by atoms with van der Waals surface area (Å²) in [4.78, 5) is 0. The second-order valence-electron chi connectivity index (χ2n) is 4.64. The topological polar surface area (TPSA) is 49.7 Å². The standard InChI is InChI=1S/C13H28.B2H4O3/c1-3-5-7-9-11-13-12-10-8-6-4-2;3-1-5-2-4/h3-13H2,1-2H3;1-4H. The first kappa shape index (κ1) is 20.3. The Bertz CT molecular complexity index is 115. The van der Waals surface area contributed by atoms with Crippen LogP contribution in [0.25, 0.3) is 0 Å². The second-order valence-corrected chi connectivity index (χ2v) is 4.64. The average Bonchev–Trinajstić information content (AvgIpc) is 2.39. The van der Waals surface area contributed by atoms with Gasteiger partial charge >= 0.3 is 15.4 Å². The van der Waals surface area contributed by atoms with Gasteiger partial charge in [0.05, 0.1) is 0 Å². The second kappa shape index (κ2) is 22.2. The van der Waals surface area contributed by atoms with E-state index in [2.05, 4.69) is 18.4 Å². The van der Waals surface area contributed by atoms with Crippen LogP contribution in [0.15, 0.2) is 0 Å². The van der Waals surface area contributed by atoms with Crippen LogP contribution in [-0.2, 0) is 4.57 Å². The molecule has 0 saturated carbocycles. The molecule has 0 aromatic heterocycles. The van der Waals surface area contributed by atoms with Gasteiger partial charge in [0, 0.05) is 0 Å². The van der Waals surface area contributed by atoms with Gasteiger partial charge in [-0.05, 0) is 0 Å². The van der Waals surface area contributed by atoms with Gasteiger partial charge in [0.15, 0.2) is 0 Å². The van der Waals surface area contributed by atoms with E-state index < -0.39 is 15.4 Å². The van der Waals surface area contributed by atoms with Crippen LogP contribution in [0.3, 0.4) is 0 Å². The van der Waals surface area contributed by atoms with Gasteiger partial charge in [0.2, 0.25) is 0 Å². The number of rotatable bonds is 12. The summed E-state index contributed by atoms with van der Waals surface area (Å²) in [6, 6.07) is 0. The van der Waals surface area contributed by atoms with Crippen molar-refractivity contribution < 1.29 is 14.6 Å². The molecule has 3 nitrogen and oxygen atoms in total. The minimum atomic E-state index is -0.406. The van der Waals surface area contributed by atoms with Crippen LogP contribution < -0.4 is 0 Å². The normalized spacial score (nSPS) is 9.56. The Kier molecular flexibility index (Phi) is 25.1. The molecule has 18 heavy (non-hydrogen) atoms. The lowest BCUT2D eigenvalue weighted by atomic mass is 10.1. The summed E-state index contributed by atoms with van der Waals surface area (Å²) in [5.74, 6) is 0. The minimum Gasteiger partial charge on any atom is -0.457 e.